The van der Waals surface area contributed by atoms with Gasteiger partial charge in [-0.3, -0.25) is 9.69 Å². The molecule has 92 valence electrons. The lowest BCUT2D eigenvalue weighted by molar-refractivity contribution is -0.153. The molecule has 3 atom stereocenters. The predicted molar refractivity (Wildman–Crippen MR) is 66.9 cm³/mol. The van der Waals surface area contributed by atoms with Gasteiger partial charge in [-0.1, -0.05) is 6.92 Å². The van der Waals surface area contributed by atoms with Crippen molar-refractivity contribution in [3.8, 4) is 0 Å². The number of rotatable bonds is 2. The maximum Gasteiger partial charge on any atom is 0.325 e. The molecule has 0 bridgehead atoms. The molecule has 16 heavy (non-hydrogen) atoms. The largest absolute Gasteiger partial charge is 0.480 e. The van der Waals surface area contributed by atoms with Crippen molar-refractivity contribution in [2.75, 3.05) is 18.1 Å². The molecule has 2 fully saturated rings. The zero-order valence-electron chi connectivity index (χ0n) is 10.1. The summed E-state index contributed by atoms with van der Waals surface area (Å²) in [5.41, 5.74) is -0.565. The van der Waals surface area contributed by atoms with Gasteiger partial charge in [-0.25, -0.2) is 0 Å². The number of piperidine rings is 1. The first-order valence-electron chi connectivity index (χ1n) is 6.14. The lowest BCUT2D eigenvalue weighted by atomic mass is 9.86. The van der Waals surface area contributed by atoms with Gasteiger partial charge in [-0.15, -0.1) is 0 Å². The van der Waals surface area contributed by atoms with Crippen LogP contribution in [-0.4, -0.2) is 45.6 Å². The van der Waals surface area contributed by atoms with Crippen LogP contribution < -0.4 is 0 Å². The van der Waals surface area contributed by atoms with Crippen LogP contribution in [0.3, 0.4) is 0 Å². The second-order valence-electron chi connectivity index (χ2n) is 5.31. The van der Waals surface area contributed by atoms with Gasteiger partial charge in [0.15, 0.2) is 0 Å². The van der Waals surface area contributed by atoms with Gasteiger partial charge in [0.2, 0.25) is 0 Å². The van der Waals surface area contributed by atoms with Crippen LogP contribution in [-0.2, 0) is 4.79 Å². The van der Waals surface area contributed by atoms with Gasteiger partial charge in [0, 0.05) is 11.8 Å². The Morgan fingerprint density at radius 2 is 2.25 bits per heavy atom. The van der Waals surface area contributed by atoms with Crippen LogP contribution in [0.15, 0.2) is 0 Å². The zero-order chi connectivity index (χ0) is 11.8. The summed E-state index contributed by atoms with van der Waals surface area (Å²) in [5.74, 6) is 1.89. The third-order valence-corrected chi connectivity index (χ3v) is 5.26. The molecule has 3 nitrogen and oxygen atoms in total. The molecule has 1 N–H and O–H groups in total. The SMILES string of the molecule is CC1CCN(C2(C(=O)O)CCSC2)C(C)C1. The molecule has 2 heterocycles. The summed E-state index contributed by atoms with van der Waals surface area (Å²) in [4.78, 5) is 13.9. The van der Waals surface area contributed by atoms with E-state index < -0.39 is 11.5 Å². The first-order chi connectivity index (χ1) is 7.56. The van der Waals surface area contributed by atoms with Crippen LogP contribution in [0.5, 0.6) is 0 Å². The van der Waals surface area contributed by atoms with Crippen LogP contribution in [0.2, 0.25) is 0 Å². The number of hydrogen-bond acceptors (Lipinski definition) is 3. The van der Waals surface area contributed by atoms with Gasteiger partial charge in [0.05, 0.1) is 0 Å². The topological polar surface area (TPSA) is 40.5 Å². The summed E-state index contributed by atoms with van der Waals surface area (Å²) < 4.78 is 0. The summed E-state index contributed by atoms with van der Waals surface area (Å²) in [7, 11) is 0. The number of aliphatic carboxylic acids is 1. The maximum absolute atomic E-state index is 11.6. The highest BCUT2D eigenvalue weighted by Crippen LogP contribution is 2.38. The molecule has 0 aromatic heterocycles. The third kappa shape index (κ3) is 1.97. The van der Waals surface area contributed by atoms with E-state index in [1.54, 1.807) is 11.8 Å². The molecule has 2 saturated heterocycles. The number of nitrogens with zero attached hydrogens (tertiary/aromatic N) is 1. The van der Waals surface area contributed by atoms with Crippen LogP contribution >= 0.6 is 11.8 Å². The molecule has 0 amide bonds. The molecule has 3 unspecified atom stereocenters. The Hall–Kier alpha value is -0.220. The summed E-state index contributed by atoms with van der Waals surface area (Å²) in [6.07, 6.45) is 3.09. The molecule has 0 saturated carbocycles. The third-order valence-electron chi connectivity index (χ3n) is 4.09. The average molecular weight is 243 g/mol. The van der Waals surface area contributed by atoms with Gasteiger partial charge in [-0.05, 0) is 44.4 Å². The second kappa shape index (κ2) is 4.57. The second-order valence-corrected chi connectivity index (χ2v) is 6.42. The van der Waals surface area contributed by atoms with E-state index in [9.17, 15) is 9.90 Å². The van der Waals surface area contributed by atoms with E-state index in [0.717, 1.165) is 43.2 Å². The van der Waals surface area contributed by atoms with E-state index >= 15 is 0 Å². The number of thioether (sulfide) groups is 1. The van der Waals surface area contributed by atoms with Crippen molar-refractivity contribution in [2.45, 2.75) is 44.7 Å². The number of hydrogen-bond donors (Lipinski definition) is 1. The molecular weight excluding hydrogens is 222 g/mol. The summed E-state index contributed by atoms with van der Waals surface area (Å²) in [6.45, 7) is 5.41. The fraction of sp³-hybridized carbons (Fsp3) is 0.917. The molecule has 2 rings (SSSR count). The fourth-order valence-corrected chi connectivity index (χ4v) is 4.51. The highest BCUT2D eigenvalue weighted by molar-refractivity contribution is 7.99. The maximum atomic E-state index is 11.6. The van der Waals surface area contributed by atoms with E-state index in [0.29, 0.717) is 6.04 Å². The fourth-order valence-electron chi connectivity index (χ4n) is 3.12. The zero-order valence-corrected chi connectivity index (χ0v) is 10.9. The van der Waals surface area contributed by atoms with Gasteiger partial charge in [0.1, 0.15) is 5.54 Å². The van der Waals surface area contributed by atoms with Crippen LogP contribution in [0.4, 0.5) is 0 Å². The summed E-state index contributed by atoms with van der Waals surface area (Å²) in [5, 5.41) is 9.54. The van der Waals surface area contributed by atoms with E-state index in [1.807, 2.05) is 0 Å². The monoisotopic (exact) mass is 243 g/mol. The van der Waals surface area contributed by atoms with Crippen molar-refractivity contribution in [3.05, 3.63) is 0 Å². The Kier molecular flexibility index (Phi) is 3.50. The Bertz CT molecular complexity index is 276. The normalized spacial score (nSPS) is 41.1. The van der Waals surface area contributed by atoms with E-state index in [-0.39, 0.29) is 0 Å². The Labute approximate surface area is 102 Å². The lowest BCUT2D eigenvalue weighted by Gasteiger charge is -2.45. The quantitative estimate of drug-likeness (QED) is 0.806. The Morgan fingerprint density at radius 3 is 2.75 bits per heavy atom. The number of likely N-dealkylation sites (tertiary alicyclic amines) is 1. The molecule has 0 spiro atoms. The number of carboxylic acids is 1. The van der Waals surface area contributed by atoms with E-state index in [4.69, 9.17) is 0 Å². The van der Waals surface area contributed by atoms with Crippen LogP contribution in [0.25, 0.3) is 0 Å². The van der Waals surface area contributed by atoms with Crippen molar-refractivity contribution < 1.29 is 9.90 Å². The number of carboxylic acid groups (broad SMARTS) is 1. The number of carbonyl (C=O) groups is 1. The van der Waals surface area contributed by atoms with E-state index in [1.165, 1.54) is 0 Å². The van der Waals surface area contributed by atoms with Crippen molar-refractivity contribution in [1.29, 1.82) is 0 Å². The smallest absolute Gasteiger partial charge is 0.325 e. The van der Waals surface area contributed by atoms with Crippen molar-refractivity contribution >= 4 is 17.7 Å². The van der Waals surface area contributed by atoms with Crippen molar-refractivity contribution in [2.24, 2.45) is 5.92 Å². The molecule has 0 aromatic carbocycles. The Morgan fingerprint density at radius 1 is 1.50 bits per heavy atom. The molecule has 0 radical (unpaired) electrons. The minimum Gasteiger partial charge on any atom is -0.480 e. The average Bonchev–Trinajstić information content (AvgIpc) is 2.67. The van der Waals surface area contributed by atoms with Gasteiger partial charge in [-0.2, -0.15) is 11.8 Å². The Balaban J connectivity index is 2.17. The van der Waals surface area contributed by atoms with Crippen molar-refractivity contribution in [1.82, 2.24) is 4.90 Å². The molecule has 0 aromatic rings. The molecule has 0 aliphatic carbocycles. The van der Waals surface area contributed by atoms with Gasteiger partial charge >= 0.3 is 5.97 Å². The van der Waals surface area contributed by atoms with Gasteiger partial charge in [0.25, 0.3) is 0 Å². The molecule has 2 aliphatic rings. The minimum absolute atomic E-state index is 0.415. The molecular formula is C12H21NO2S. The molecule has 2 aliphatic heterocycles. The van der Waals surface area contributed by atoms with Gasteiger partial charge < -0.3 is 5.11 Å². The van der Waals surface area contributed by atoms with Crippen LogP contribution in [0, 0.1) is 5.92 Å². The first-order valence-corrected chi connectivity index (χ1v) is 7.29. The standard InChI is InChI=1S/C12H21NO2S/c1-9-3-5-13(10(2)7-9)12(11(14)15)4-6-16-8-12/h9-10H,3-8H2,1-2H3,(H,14,15). The first kappa shape index (κ1) is 12.2. The predicted octanol–water partition coefficient (Wildman–Crippen LogP) is 2.07. The highest BCUT2D eigenvalue weighted by Gasteiger charge is 2.49. The summed E-state index contributed by atoms with van der Waals surface area (Å²) in [6, 6.07) is 0.415. The minimum atomic E-state index is -0.612. The van der Waals surface area contributed by atoms with E-state index in [2.05, 4.69) is 18.7 Å². The van der Waals surface area contributed by atoms with Crippen molar-refractivity contribution in [3.63, 3.8) is 0 Å². The summed E-state index contributed by atoms with van der Waals surface area (Å²) >= 11 is 1.78. The molecule has 4 heteroatoms. The van der Waals surface area contributed by atoms with Crippen LogP contribution in [0.1, 0.15) is 33.1 Å². The highest BCUT2D eigenvalue weighted by atomic mass is 32.2. The lowest BCUT2D eigenvalue weighted by Crippen LogP contribution is -2.60.